The Hall–Kier alpha value is -1.87. The third-order valence-electron chi connectivity index (χ3n) is 4.44. The predicted octanol–water partition coefficient (Wildman–Crippen LogP) is 0.454. The summed E-state index contributed by atoms with van der Waals surface area (Å²) in [7, 11) is 0. The van der Waals surface area contributed by atoms with Gasteiger partial charge in [0.1, 0.15) is 0 Å². The number of nitrogens with one attached hydrogen (secondary N) is 1. The number of tetrazole rings is 1. The number of piperidine rings is 1. The highest BCUT2D eigenvalue weighted by Gasteiger charge is 2.28. The molecule has 2 aromatic rings. The van der Waals surface area contributed by atoms with E-state index in [-0.39, 0.29) is 0 Å². The zero-order valence-corrected chi connectivity index (χ0v) is 13.4. The van der Waals surface area contributed by atoms with Gasteiger partial charge in [-0.1, -0.05) is 5.16 Å². The van der Waals surface area contributed by atoms with E-state index in [0.717, 1.165) is 37.8 Å². The second-order valence-electron chi connectivity index (χ2n) is 6.46. The third-order valence-corrected chi connectivity index (χ3v) is 4.44. The highest BCUT2D eigenvalue weighted by molar-refractivity contribution is 4.92. The predicted molar refractivity (Wildman–Crippen MR) is 80.3 cm³/mol. The van der Waals surface area contributed by atoms with Crippen LogP contribution in [0, 0.1) is 6.92 Å². The van der Waals surface area contributed by atoms with Crippen molar-refractivity contribution in [3.05, 3.63) is 17.5 Å². The van der Waals surface area contributed by atoms with Crippen molar-refractivity contribution >= 4 is 0 Å². The minimum absolute atomic E-state index is 0.445. The number of hydrogen-bond donors (Lipinski definition) is 1. The van der Waals surface area contributed by atoms with Crippen molar-refractivity contribution in [3.8, 4) is 0 Å². The number of aryl methyl sites for hydroxylation is 1. The molecule has 23 heavy (non-hydrogen) atoms. The largest absolute Gasteiger partial charge is 0.340 e. The topological polar surface area (TPSA) is 97.8 Å². The van der Waals surface area contributed by atoms with E-state index >= 15 is 0 Å². The van der Waals surface area contributed by atoms with Crippen LogP contribution in [-0.2, 0) is 13.1 Å². The Balaban J connectivity index is 1.29. The van der Waals surface area contributed by atoms with Crippen LogP contribution in [0.3, 0.4) is 0 Å². The van der Waals surface area contributed by atoms with Gasteiger partial charge >= 0.3 is 0 Å². The summed E-state index contributed by atoms with van der Waals surface area (Å²) in [6, 6.07) is 0.965. The molecule has 0 unspecified atom stereocenters. The van der Waals surface area contributed by atoms with Crippen molar-refractivity contribution in [1.29, 1.82) is 0 Å². The molecule has 2 aromatic heterocycles. The van der Waals surface area contributed by atoms with E-state index in [1.165, 1.54) is 25.7 Å². The number of rotatable bonds is 6. The molecule has 0 bridgehead atoms. The molecule has 9 heteroatoms. The number of aromatic nitrogens is 6. The molecular weight excluding hydrogens is 296 g/mol. The minimum Gasteiger partial charge on any atom is -0.340 e. The zero-order chi connectivity index (χ0) is 15.6. The molecule has 1 saturated heterocycles. The van der Waals surface area contributed by atoms with Crippen molar-refractivity contribution in [3.63, 3.8) is 0 Å². The van der Waals surface area contributed by atoms with Crippen LogP contribution in [0.15, 0.2) is 4.52 Å². The van der Waals surface area contributed by atoms with Crippen LogP contribution in [-0.4, -0.2) is 54.4 Å². The summed E-state index contributed by atoms with van der Waals surface area (Å²) >= 11 is 0. The Kier molecular flexibility index (Phi) is 4.04. The summed E-state index contributed by atoms with van der Waals surface area (Å²) in [4.78, 5) is 6.66. The summed E-state index contributed by atoms with van der Waals surface area (Å²) in [5.74, 6) is 2.33. The smallest absolute Gasteiger partial charge is 0.223 e. The van der Waals surface area contributed by atoms with E-state index in [4.69, 9.17) is 4.52 Å². The number of likely N-dealkylation sites (tertiary alicyclic amines) is 1. The molecule has 3 heterocycles. The Morgan fingerprint density at radius 2 is 2.22 bits per heavy atom. The Morgan fingerprint density at radius 3 is 3.00 bits per heavy atom. The summed E-state index contributed by atoms with van der Waals surface area (Å²) < 4.78 is 7.01. The van der Waals surface area contributed by atoms with Crippen LogP contribution in [0.4, 0.5) is 0 Å². The first kappa shape index (κ1) is 14.7. The van der Waals surface area contributed by atoms with E-state index in [0.29, 0.717) is 18.0 Å². The van der Waals surface area contributed by atoms with Crippen LogP contribution >= 0.6 is 0 Å². The van der Waals surface area contributed by atoms with Gasteiger partial charge in [-0.05, 0) is 42.7 Å². The Labute approximate surface area is 134 Å². The number of hydrogen-bond acceptors (Lipinski definition) is 8. The summed E-state index contributed by atoms with van der Waals surface area (Å²) in [5.41, 5.74) is 0. The molecule has 1 N–H and O–H groups in total. The van der Waals surface area contributed by atoms with Gasteiger partial charge in [0.05, 0.1) is 19.1 Å². The summed E-state index contributed by atoms with van der Waals surface area (Å²) in [6.45, 7) is 5.35. The first-order valence-corrected chi connectivity index (χ1v) is 8.29. The monoisotopic (exact) mass is 318 g/mol. The van der Waals surface area contributed by atoms with Crippen molar-refractivity contribution in [2.24, 2.45) is 0 Å². The Bertz CT molecular complexity index is 649. The molecule has 2 fully saturated rings. The lowest BCUT2D eigenvalue weighted by Crippen LogP contribution is -2.45. The average Bonchev–Trinajstić information content (AvgIpc) is 3.15. The molecular formula is C14H22N8O. The zero-order valence-electron chi connectivity index (χ0n) is 13.4. The molecule has 1 aliphatic heterocycles. The number of nitrogens with zero attached hydrogens (tertiary/aromatic N) is 7. The highest BCUT2D eigenvalue weighted by atomic mass is 16.5. The van der Waals surface area contributed by atoms with Gasteiger partial charge in [0, 0.05) is 19.5 Å². The quantitative estimate of drug-likeness (QED) is 0.820. The SMILES string of the molecule is Cc1nc(CN2CCC[C@@H](NCc3nnnn3C3CC3)C2)no1. The second kappa shape index (κ2) is 6.32. The average molecular weight is 318 g/mol. The van der Waals surface area contributed by atoms with E-state index in [2.05, 4.69) is 35.9 Å². The van der Waals surface area contributed by atoms with Crippen molar-refractivity contribution in [2.75, 3.05) is 13.1 Å². The highest BCUT2D eigenvalue weighted by Crippen LogP contribution is 2.34. The molecule has 1 saturated carbocycles. The molecule has 0 amide bonds. The van der Waals surface area contributed by atoms with Crippen LogP contribution < -0.4 is 5.32 Å². The lowest BCUT2D eigenvalue weighted by atomic mass is 10.1. The molecule has 2 aliphatic rings. The molecule has 124 valence electrons. The maximum absolute atomic E-state index is 5.04. The molecule has 9 nitrogen and oxygen atoms in total. The van der Waals surface area contributed by atoms with Gasteiger partial charge in [0.15, 0.2) is 11.6 Å². The summed E-state index contributed by atoms with van der Waals surface area (Å²) in [6.07, 6.45) is 4.73. The van der Waals surface area contributed by atoms with Gasteiger partial charge in [-0.15, -0.1) is 5.10 Å². The van der Waals surface area contributed by atoms with E-state index in [1.807, 2.05) is 11.6 Å². The van der Waals surface area contributed by atoms with Crippen LogP contribution in [0.25, 0.3) is 0 Å². The molecule has 4 rings (SSSR count). The van der Waals surface area contributed by atoms with E-state index in [9.17, 15) is 0 Å². The van der Waals surface area contributed by atoms with Gasteiger partial charge in [-0.25, -0.2) is 4.68 Å². The fourth-order valence-corrected chi connectivity index (χ4v) is 3.14. The van der Waals surface area contributed by atoms with Crippen LogP contribution in [0.5, 0.6) is 0 Å². The minimum atomic E-state index is 0.445. The standard InChI is InChI=1S/C14H22N8O/c1-10-16-13(18-23-10)9-21-6-2-3-11(8-21)15-7-14-17-19-20-22(14)12-4-5-12/h11-12,15H,2-9H2,1H3/t11-/m1/s1. The maximum Gasteiger partial charge on any atom is 0.223 e. The van der Waals surface area contributed by atoms with Gasteiger partial charge in [-0.3, -0.25) is 4.90 Å². The third kappa shape index (κ3) is 3.56. The molecule has 0 aromatic carbocycles. The van der Waals surface area contributed by atoms with E-state index in [1.54, 1.807) is 0 Å². The van der Waals surface area contributed by atoms with E-state index < -0.39 is 0 Å². The van der Waals surface area contributed by atoms with Crippen molar-refractivity contribution in [1.82, 2.24) is 40.6 Å². The van der Waals surface area contributed by atoms with Crippen LogP contribution in [0.1, 0.15) is 49.3 Å². The lowest BCUT2D eigenvalue weighted by Gasteiger charge is -2.32. The molecule has 1 atom stereocenters. The van der Waals surface area contributed by atoms with Gasteiger partial charge in [0.2, 0.25) is 5.89 Å². The maximum atomic E-state index is 5.04. The fourth-order valence-electron chi connectivity index (χ4n) is 3.14. The molecule has 0 radical (unpaired) electrons. The molecule has 0 spiro atoms. The lowest BCUT2D eigenvalue weighted by molar-refractivity contribution is 0.176. The fraction of sp³-hybridized carbons (Fsp3) is 0.786. The Morgan fingerprint density at radius 1 is 1.30 bits per heavy atom. The van der Waals surface area contributed by atoms with Gasteiger partial charge < -0.3 is 9.84 Å². The van der Waals surface area contributed by atoms with Crippen molar-refractivity contribution in [2.45, 2.75) is 57.8 Å². The van der Waals surface area contributed by atoms with Crippen molar-refractivity contribution < 1.29 is 4.52 Å². The first-order chi connectivity index (χ1) is 11.3. The van der Waals surface area contributed by atoms with Gasteiger partial charge in [-0.2, -0.15) is 4.98 Å². The second-order valence-corrected chi connectivity index (χ2v) is 6.46. The normalized spacial score (nSPS) is 22.6. The van der Waals surface area contributed by atoms with Crippen LogP contribution in [0.2, 0.25) is 0 Å². The summed E-state index contributed by atoms with van der Waals surface area (Å²) in [5, 5.41) is 19.6. The molecule has 1 aliphatic carbocycles. The van der Waals surface area contributed by atoms with Gasteiger partial charge in [0.25, 0.3) is 0 Å². The first-order valence-electron chi connectivity index (χ1n) is 8.29.